The van der Waals surface area contributed by atoms with Gasteiger partial charge in [0.2, 0.25) is 0 Å². The second-order valence-electron chi connectivity index (χ2n) is 2.25. The fourth-order valence-electron chi connectivity index (χ4n) is 1.22. The molecule has 2 rings (SSSR count). The molecule has 2 heterocycles. The first-order chi connectivity index (χ1) is 4.38. The molecule has 48 valence electrons. The molecule has 0 atom stereocenters. The molecule has 1 aromatic rings. The lowest BCUT2D eigenvalue weighted by atomic mass is 10.4. The summed E-state index contributed by atoms with van der Waals surface area (Å²) >= 11 is 2.32. The van der Waals surface area contributed by atoms with Gasteiger partial charge in [-0.05, 0) is 29.0 Å². The molecular weight excluding hydrogens is 227 g/mol. The highest BCUT2D eigenvalue weighted by Gasteiger charge is 2.12. The quantitative estimate of drug-likeness (QED) is 0.621. The van der Waals surface area contributed by atoms with Crippen molar-refractivity contribution in [2.45, 2.75) is 19.4 Å². The lowest BCUT2D eigenvalue weighted by molar-refractivity contribution is 0.734. The van der Waals surface area contributed by atoms with Crippen LogP contribution in [0.3, 0.4) is 0 Å². The molecule has 0 radical (unpaired) electrons. The second kappa shape index (κ2) is 1.97. The molecule has 1 aliphatic heterocycles. The third-order valence-corrected chi connectivity index (χ3v) is 2.53. The van der Waals surface area contributed by atoms with E-state index in [2.05, 4.69) is 32.1 Å². The van der Waals surface area contributed by atoms with Crippen LogP contribution in [-0.4, -0.2) is 9.55 Å². The van der Waals surface area contributed by atoms with Crippen LogP contribution in [0.25, 0.3) is 0 Å². The summed E-state index contributed by atoms with van der Waals surface area (Å²) in [5.74, 6) is 1.26. The molecule has 0 saturated carbocycles. The molecule has 3 heteroatoms. The predicted molar refractivity (Wildman–Crippen MR) is 43.3 cm³/mol. The highest BCUT2D eigenvalue weighted by molar-refractivity contribution is 14.1. The van der Waals surface area contributed by atoms with Gasteiger partial charge in [0.25, 0.3) is 0 Å². The average molecular weight is 234 g/mol. The fourth-order valence-corrected chi connectivity index (χ4v) is 1.88. The van der Waals surface area contributed by atoms with E-state index in [0.717, 1.165) is 0 Å². The van der Waals surface area contributed by atoms with E-state index in [1.807, 2.05) is 6.20 Å². The van der Waals surface area contributed by atoms with E-state index in [1.54, 1.807) is 0 Å². The summed E-state index contributed by atoms with van der Waals surface area (Å²) in [5.41, 5.74) is 0. The van der Waals surface area contributed by atoms with E-state index in [4.69, 9.17) is 0 Å². The van der Waals surface area contributed by atoms with Crippen molar-refractivity contribution in [3.63, 3.8) is 0 Å². The maximum atomic E-state index is 4.25. The maximum Gasteiger partial charge on any atom is 0.109 e. The molecule has 0 saturated heterocycles. The Hall–Kier alpha value is -0.0600. The van der Waals surface area contributed by atoms with Crippen molar-refractivity contribution in [3.05, 3.63) is 15.7 Å². The van der Waals surface area contributed by atoms with Crippen LogP contribution in [0.2, 0.25) is 0 Å². The number of nitrogens with zero attached hydrogens (tertiary/aromatic N) is 2. The Balaban J connectivity index is 2.56. The van der Waals surface area contributed by atoms with Gasteiger partial charge in [-0.25, -0.2) is 4.98 Å². The lowest BCUT2D eigenvalue weighted by Gasteiger charge is -1.93. The summed E-state index contributed by atoms with van der Waals surface area (Å²) in [6, 6.07) is 0. The Morgan fingerprint density at radius 2 is 2.56 bits per heavy atom. The highest BCUT2D eigenvalue weighted by atomic mass is 127. The van der Waals surface area contributed by atoms with Gasteiger partial charge in [0.05, 0.1) is 9.90 Å². The van der Waals surface area contributed by atoms with Crippen LogP contribution in [0.1, 0.15) is 12.2 Å². The average Bonchev–Trinajstić information content (AvgIpc) is 2.35. The standard InChI is InChI=1S/C6H7IN2/c7-5-4-8-6-2-1-3-9(5)6/h4H,1-3H2. The van der Waals surface area contributed by atoms with Crippen molar-refractivity contribution in [1.29, 1.82) is 0 Å². The third kappa shape index (κ3) is 0.781. The van der Waals surface area contributed by atoms with Gasteiger partial charge < -0.3 is 4.57 Å². The third-order valence-electron chi connectivity index (χ3n) is 1.67. The first kappa shape index (κ1) is 5.70. The molecule has 9 heavy (non-hydrogen) atoms. The van der Waals surface area contributed by atoms with E-state index in [1.165, 1.54) is 28.9 Å². The van der Waals surface area contributed by atoms with Crippen LogP contribution in [0, 0.1) is 3.70 Å². The molecule has 0 aromatic carbocycles. The van der Waals surface area contributed by atoms with Crippen molar-refractivity contribution in [3.8, 4) is 0 Å². The fraction of sp³-hybridized carbons (Fsp3) is 0.500. The molecule has 0 N–H and O–H groups in total. The summed E-state index contributed by atoms with van der Waals surface area (Å²) in [6.07, 6.45) is 4.39. The number of fused-ring (bicyclic) bond motifs is 1. The molecule has 1 aliphatic rings. The van der Waals surface area contributed by atoms with Gasteiger partial charge >= 0.3 is 0 Å². The summed E-state index contributed by atoms with van der Waals surface area (Å²) < 4.78 is 3.56. The van der Waals surface area contributed by atoms with Gasteiger partial charge in [0.15, 0.2) is 0 Å². The van der Waals surface area contributed by atoms with Crippen molar-refractivity contribution in [1.82, 2.24) is 9.55 Å². The smallest absolute Gasteiger partial charge is 0.109 e. The van der Waals surface area contributed by atoms with E-state index in [-0.39, 0.29) is 0 Å². The van der Waals surface area contributed by atoms with Gasteiger partial charge in [0, 0.05) is 13.0 Å². The van der Waals surface area contributed by atoms with Crippen LogP contribution >= 0.6 is 22.6 Å². The van der Waals surface area contributed by atoms with Crippen LogP contribution < -0.4 is 0 Å². The summed E-state index contributed by atoms with van der Waals surface area (Å²) in [6.45, 7) is 1.17. The Kier molecular flexibility index (Phi) is 1.25. The molecule has 1 aromatic heterocycles. The monoisotopic (exact) mass is 234 g/mol. The SMILES string of the molecule is Ic1cnc2n1CCC2. The summed E-state index contributed by atoms with van der Waals surface area (Å²) in [5, 5.41) is 0. The normalized spacial score (nSPS) is 16.1. The minimum atomic E-state index is 1.17. The van der Waals surface area contributed by atoms with Crippen molar-refractivity contribution >= 4 is 22.6 Å². The van der Waals surface area contributed by atoms with Gasteiger partial charge in [0.1, 0.15) is 5.82 Å². The van der Waals surface area contributed by atoms with Gasteiger partial charge in [-0.2, -0.15) is 0 Å². The number of aryl methyl sites for hydroxylation is 1. The first-order valence-corrected chi connectivity index (χ1v) is 4.16. The minimum absolute atomic E-state index is 1.17. The minimum Gasteiger partial charge on any atom is -0.323 e. The number of rotatable bonds is 0. The molecule has 0 unspecified atom stereocenters. The Morgan fingerprint density at radius 3 is 3.33 bits per heavy atom. The Morgan fingerprint density at radius 1 is 1.67 bits per heavy atom. The van der Waals surface area contributed by atoms with Crippen molar-refractivity contribution in [2.24, 2.45) is 0 Å². The number of hydrogen-bond acceptors (Lipinski definition) is 1. The van der Waals surface area contributed by atoms with Crippen LogP contribution in [0.4, 0.5) is 0 Å². The summed E-state index contributed by atoms with van der Waals surface area (Å²) in [4.78, 5) is 4.25. The Labute approximate surface area is 67.4 Å². The van der Waals surface area contributed by atoms with E-state index >= 15 is 0 Å². The topological polar surface area (TPSA) is 17.8 Å². The van der Waals surface area contributed by atoms with Crippen molar-refractivity contribution in [2.75, 3.05) is 0 Å². The lowest BCUT2D eigenvalue weighted by Crippen LogP contribution is -1.93. The molecular formula is C6H7IN2. The van der Waals surface area contributed by atoms with Gasteiger partial charge in [-0.1, -0.05) is 0 Å². The largest absolute Gasteiger partial charge is 0.323 e. The Bertz CT molecular complexity index is 229. The molecule has 2 nitrogen and oxygen atoms in total. The molecule has 0 amide bonds. The van der Waals surface area contributed by atoms with Crippen molar-refractivity contribution < 1.29 is 0 Å². The molecule has 0 bridgehead atoms. The molecule has 0 spiro atoms. The number of aromatic nitrogens is 2. The first-order valence-electron chi connectivity index (χ1n) is 3.08. The zero-order valence-electron chi connectivity index (χ0n) is 4.97. The number of imidazole rings is 1. The van der Waals surface area contributed by atoms with E-state index in [9.17, 15) is 0 Å². The second-order valence-corrected chi connectivity index (χ2v) is 3.36. The van der Waals surface area contributed by atoms with Gasteiger partial charge in [-0.15, -0.1) is 0 Å². The zero-order valence-corrected chi connectivity index (χ0v) is 7.13. The number of halogens is 1. The molecule has 0 fully saturated rings. The predicted octanol–water partition coefficient (Wildman–Crippen LogP) is 1.43. The van der Waals surface area contributed by atoms with Crippen LogP contribution in [0.5, 0.6) is 0 Å². The molecule has 0 aliphatic carbocycles. The highest BCUT2D eigenvalue weighted by Crippen LogP contribution is 2.16. The van der Waals surface area contributed by atoms with E-state index < -0.39 is 0 Å². The van der Waals surface area contributed by atoms with Crippen LogP contribution in [0.15, 0.2) is 6.20 Å². The van der Waals surface area contributed by atoms with Crippen LogP contribution in [-0.2, 0) is 13.0 Å². The maximum absolute atomic E-state index is 4.25. The van der Waals surface area contributed by atoms with Gasteiger partial charge in [-0.3, -0.25) is 0 Å². The number of hydrogen-bond donors (Lipinski definition) is 0. The summed E-state index contributed by atoms with van der Waals surface area (Å²) in [7, 11) is 0. The zero-order chi connectivity index (χ0) is 6.27. The van der Waals surface area contributed by atoms with E-state index in [0.29, 0.717) is 0 Å².